The average molecular weight is 522 g/mol. The van der Waals surface area contributed by atoms with Crippen LogP contribution in [0.3, 0.4) is 0 Å². The molecule has 1 aliphatic rings. The number of aromatic carboxylic acids is 1. The van der Waals surface area contributed by atoms with Crippen LogP contribution in [0, 0.1) is 5.82 Å². The van der Waals surface area contributed by atoms with Crippen LogP contribution in [0.5, 0.6) is 0 Å². The number of alkyl halides is 3. The minimum absolute atomic E-state index is 0.0128. The number of pyridine rings is 1. The normalized spacial score (nSPS) is 14.4. The van der Waals surface area contributed by atoms with E-state index in [1.165, 1.54) is 24.4 Å². The van der Waals surface area contributed by atoms with E-state index in [1.807, 2.05) is 4.90 Å². The zero-order valence-corrected chi connectivity index (χ0v) is 20.1. The largest absolute Gasteiger partial charge is 0.477 e. The minimum Gasteiger partial charge on any atom is -0.477 e. The number of aromatic nitrogens is 1. The van der Waals surface area contributed by atoms with Gasteiger partial charge in [-0.25, -0.2) is 9.18 Å². The molecule has 2 aromatic carbocycles. The number of halogens is 4. The smallest absolute Gasteiger partial charge is 0.416 e. The highest BCUT2D eigenvalue weighted by Crippen LogP contribution is 2.32. The second-order valence-corrected chi connectivity index (χ2v) is 8.95. The summed E-state index contributed by atoms with van der Waals surface area (Å²) in [5, 5.41) is 9.29. The second-order valence-electron chi connectivity index (χ2n) is 8.48. The molecule has 11 heteroatoms. The Labute approximate surface area is 209 Å². The van der Waals surface area contributed by atoms with Gasteiger partial charge in [-0.2, -0.15) is 13.2 Å². The van der Waals surface area contributed by atoms with Gasteiger partial charge in [-0.05, 0) is 30.7 Å². The number of benzene rings is 2. The lowest BCUT2D eigenvalue weighted by atomic mass is 10.0. The maximum absolute atomic E-state index is 15.1. The molecule has 0 amide bonds. The molecule has 2 heterocycles. The first kappa shape index (κ1) is 25.6. The van der Waals surface area contributed by atoms with Crippen LogP contribution in [0.1, 0.15) is 28.4 Å². The van der Waals surface area contributed by atoms with Gasteiger partial charge >= 0.3 is 12.1 Å². The Balaban J connectivity index is 1.54. The Morgan fingerprint density at radius 1 is 1.11 bits per heavy atom. The number of nitrogens with zero attached hydrogens (tertiary/aromatic N) is 3. The molecular formula is C25H23F4N3O3S. The molecule has 0 saturated carbocycles. The Morgan fingerprint density at radius 3 is 2.39 bits per heavy atom. The van der Waals surface area contributed by atoms with Crippen LogP contribution < -0.4 is 10.3 Å². The monoisotopic (exact) mass is 521 g/mol. The fourth-order valence-electron chi connectivity index (χ4n) is 4.48. The number of hydrogen-bond donors (Lipinski definition) is 1. The molecule has 1 aliphatic heterocycles. The van der Waals surface area contributed by atoms with Gasteiger partial charge in [0.1, 0.15) is 11.4 Å². The predicted molar refractivity (Wildman–Crippen MR) is 132 cm³/mol. The first-order valence-electron chi connectivity index (χ1n) is 11.3. The quantitative estimate of drug-likeness (QED) is 0.392. The van der Waals surface area contributed by atoms with Crippen molar-refractivity contribution >= 4 is 39.8 Å². The number of carbonyl (C=O) groups is 1. The van der Waals surface area contributed by atoms with Crippen LogP contribution in [0.4, 0.5) is 23.2 Å². The van der Waals surface area contributed by atoms with E-state index >= 15 is 4.39 Å². The number of anilines is 1. The molecule has 1 N–H and O–H groups in total. The molecule has 1 aromatic heterocycles. The van der Waals surface area contributed by atoms with Crippen molar-refractivity contribution in [3.8, 4) is 0 Å². The highest BCUT2D eigenvalue weighted by molar-refractivity contribution is 7.80. The van der Waals surface area contributed by atoms with Gasteiger partial charge in [-0.15, -0.1) is 0 Å². The molecule has 0 spiro atoms. The molecule has 6 nitrogen and oxygen atoms in total. The third kappa shape index (κ3) is 4.92. The van der Waals surface area contributed by atoms with Gasteiger partial charge in [0, 0.05) is 50.7 Å². The molecule has 4 rings (SSSR count). The van der Waals surface area contributed by atoms with Crippen molar-refractivity contribution in [1.29, 1.82) is 0 Å². The Kier molecular flexibility index (Phi) is 7.03. The van der Waals surface area contributed by atoms with E-state index < -0.39 is 34.5 Å². The molecule has 0 atom stereocenters. The summed E-state index contributed by atoms with van der Waals surface area (Å²) in [6, 6.07) is 7.94. The first-order valence-corrected chi connectivity index (χ1v) is 11.7. The Morgan fingerprint density at radius 2 is 1.78 bits per heavy atom. The fraction of sp³-hybridized carbons (Fsp3) is 0.320. The Bertz CT molecular complexity index is 1400. The molecule has 1 saturated heterocycles. The van der Waals surface area contributed by atoms with E-state index in [2.05, 4.69) is 0 Å². The van der Waals surface area contributed by atoms with Crippen LogP contribution in [0.2, 0.25) is 0 Å². The van der Waals surface area contributed by atoms with Gasteiger partial charge < -0.3 is 19.5 Å². The first-order chi connectivity index (χ1) is 17.0. The number of aryl methyl sites for hydroxylation is 1. The van der Waals surface area contributed by atoms with E-state index in [1.54, 1.807) is 22.5 Å². The van der Waals surface area contributed by atoms with Gasteiger partial charge in [0.05, 0.1) is 21.8 Å². The van der Waals surface area contributed by atoms with Gasteiger partial charge in [-0.3, -0.25) is 4.79 Å². The molecule has 0 radical (unpaired) electrons. The number of carboxylic acids is 1. The summed E-state index contributed by atoms with van der Waals surface area (Å²) in [6.07, 6.45) is -3.24. The molecular weight excluding hydrogens is 498 g/mol. The maximum atomic E-state index is 15.1. The zero-order chi connectivity index (χ0) is 26.2. The summed E-state index contributed by atoms with van der Waals surface area (Å²) in [5.41, 5.74) is -1.09. The fourth-order valence-corrected chi connectivity index (χ4v) is 4.82. The van der Waals surface area contributed by atoms with Crippen LogP contribution in [0.15, 0.2) is 47.4 Å². The number of thiocarbonyl (C=S) groups is 1. The molecule has 190 valence electrons. The lowest BCUT2D eigenvalue weighted by Crippen LogP contribution is -2.49. The molecule has 36 heavy (non-hydrogen) atoms. The minimum atomic E-state index is -4.47. The summed E-state index contributed by atoms with van der Waals surface area (Å²) in [6.45, 7) is 3.69. The maximum Gasteiger partial charge on any atom is 0.416 e. The number of carboxylic acid groups (broad SMARTS) is 1. The van der Waals surface area contributed by atoms with Crippen molar-refractivity contribution < 1.29 is 27.5 Å². The van der Waals surface area contributed by atoms with E-state index in [0.717, 1.165) is 12.1 Å². The van der Waals surface area contributed by atoms with E-state index in [-0.39, 0.29) is 23.1 Å². The molecule has 0 aliphatic carbocycles. The average Bonchev–Trinajstić information content (AvgIpc) is 2.84. The van der Waals surface area contributed by atoms with Crippen molar-refractivity contribution in [2.75, 3.05) is 31.1 Å². The van der Waals surface area contributed by atoms with Crippen LogP contribution in [-0.2, 0) is 19.1 Å². The van der Waals surface area contributed by atoms with Gasteiger partial charge in [-0.1, -0.05) is 30.4 Å². The molecule has 1 fully saturated rings. The lowest BCUT2D eigenvalue weighted by molar-refractivity contribution is -0.138. The summed E-state index contributed by atoms with van der Waals surface area (Å²) < 4.78 is 56.6. The van der Waals surface area contributed by atoms with Crippen LogP contribution in [0.25, 0.3) is 10.9 Å². The van der Waals surface area contributed by atoms with Gasteiger partial charge in [0.25, 0.3) is 0 Å². The summed E-state index contributed by atoms with van der Waals surface area (Å²) in [5.74, 6) is -2.03. The van der Waals surface area contributed by atoms with Gasteiger partial charge in [0.15, 0.2) is 0 Å². The summed E-state index contributed by atoms with van der Waals surface area (Å²) in [4.78, 5) is 28.0. The van der Waals surface area contributed by atoms with Crippen molar-refractivity contribution in [3.05, 3.63) is 75.3 Å². The molecule has 0 bridgehead atoms. The van der Waals surface area contributed by atoms with Crippen molar-refractivity contribution in [2.24, 2.45) is 0 Å². The molecule has 0 unspecified atom stereocenters. The van der Waals surface area contributed by atoms with E-state index in [4.69, 9.17) is 12.2 Å². The number of hydrogen-bond acceptors (Lipinski definition) is 4. The third-order valence-corrected chi connectivity index (χ3v) is 6.76. The van der Waals surface area contributed by atoms with Crippen molar-refractivity contribution in [3.63, 3.8) is 0 Å². The Hall–Kier alpha value is -3.47. The SMILES string of the molecule is CCn1cc(C(=O)O)c(=O)c2cc(F)c(N3CCN(C(=S)Cc4ccccc4C(F)(F)F)CC3)cc21. The highest BCUT2D eigenvalue weighted by Gasteiger charge is 2.33. The predicted octanol–water partition coefficient (Wildman–Crippen LogP) is 4.57. The number of fused-ring (bicyclic) bond motifs is 1. The van der Waals surface area contributed by atoms with Gasteiger partial charge in [0.2, 0.25) is 5.43 Å². The van der Waals surface area contributed by atoms with E-state index in [9.17, 15) is 27.9 Å². The number of rotatable bonds is 5. The molecule has 3 aromatic rings. The van der Waals surface area contributed by atoms with Crippen LogP contribution >= 0.6 is 12.2 Å². The second kappa shape index (κ2) is 9.88. The number of piperazine rings is 1. The summed E-state index contributed by atoms with van der Waals surface area (Å²) >= 11 is 5.44. The van der Waals surface area contributed by atoms with Crippen LogP contribution in [-0.4, -0.2) is 51.7 Å². The van der Waals surface area contributed by atoms with Crippen molar-refractivity contribution in [2.45, 2.75) is 26.1 Å². The third-order valence-electron chi connectivity index (χ3n) is 6.36. The lowest BCUT2D eigenvalue weighted by Gasteiger charge is -2.38. The standard InChI is InChI=1S/C25H23F4N3O3S/c1-2-30-14-17(24(34)35)23(33)16-12-19(26)21(13-20(16)30)31-7-9-32(10-8-31)22(36)11-15-5-3-4-6-18(15)25(27,28)29/h3-6,12-14H,2,7-11H2,1H3,(H,34,35). The van der Waals surface area contributed by atoms with Crippen molar-refractivity contribution in [1.82, 2.24) is 9.47 Å². The topological polar surface area (TPSA) is 65.8 Å². The zero-order valence-electron chi connectivity index (χ0n) is 19.3. The summed E-state index contributed by atoms with van der Waals surface area (Å²) in [7, 11) is 0. The van der Waals surface area contributed by atoms with E-state index in [0.29, 0.717) is 43.2 Å². The highest BCUT2D eigenvalue weighted by atomic mass is 32.1.